The first kappa shape index (κ1) is 11.6. The molecule has 0 aliphatic rings. The number of nitrogen functional groups attached to an aromatic ring is 1. The lowest BCUT2D eigenvalue weighted by Crippen LogP contribution is -2.12. The molecule has 0 bridgehead atoms. The maximum absolute atomic E-state index is 13.1. The van der Waals surface area contributed by atoms with Crippen molar-refractivity contribution >= 4 is 5.82 Å². The van der Waals surface area contributed by atoms with Crippen LogP contribution < -0.4 is 5.73 Å². The van der Waals surface area contributed by atoms with Crippen LogP contribution in [0.1, 0.15) is 24.2 Å². The van der Waals surface area contributed by atoms with Gasteiger partial charge in [0.15, 0.2) is 0 Å². The lowest BCUT2D eigenvalue weighted by molar-refractivity contribution is 0.542. The van der Waals surface area contributed by atoms with E-state index in [0.717, 1.165) is 11.8 Å². The van der Waals surface area contributed by atoms with Gasteiger partial charge in [-0.3, -0.25) is 0 Å². The second-order valence-corrected chi connectivity index (χ2v) is 4.03. The smallest absolute Gasteiger partial charge is 0.126 e. The Hall–Kier alpha value is -1.91. The Balaban J connectivity index is 2.43. The van der Waals surface area contributed by atoms with Gasteiger partial charge >= 0.3 is 0 Å². The molecule has 1 heterocycles. The predicted molar refractivity (Wildman–Crippen MR) is 61.5 cm³/mol. The van der Waals surface area contributed by atoms with Crippen molar-refractivity contribution in [2.45, 2.75) is 19.9 Å². The van der Waals surface area contributed by atoms with Crippen LogP contribution in [-0.4, -0.2) is 9.78 Å². The molecule has 1 atom stereocenters. The van der Waals surface area contributed by atoms with Crippen LogP contribution in [0.3, 0.4) is 0 Å². The molecule has 0 saturated heterocycles. The second kappa shape index (κ2) is 4.16. The molecule has 3 nitrogen and oxygen atoms in total. The SMILES string of the molecule is Cc1cc(N)n(C(C)c2cc(F)cc(F)c2)n1. The topological polar surface area (TPSA) is 43.8 Å². The molecule has 0 amide bonds. The van der Waals surface area contributed by atoms with Crippen LogP contribution in [0.25, 0.3) is 0 Å². The summed E-state index contributed by atoms with van der Waals surface area (Å²) in [5.74, 6) is -0.733. The highest BCUT2D eigenvalue weighted by molar-refractivity contribution is 5.33. The maximum atomic E-state index is 13.1. The Bertz CT molecular complexity index is 528. The molecule has 2 N–H and O–H groups in total. The summed E-state index contributed by atoms with van der Waals surface area (Å²) in [5.41, 5.74) is 7.04. The van der Waals surface area contributed by atoms with Gasteiger partial charge in [-0.1, -0.05) is 0 Å². The Morgan fingerprint density at radius 3 is 2.24 bits per heavy atom. The summed E-state index contributed by atoms with van der Waals surface area (Å²) in [7, 11) is 0. The van der Waals surface area contributed by atoms with Gasteiger partial charge in [-0.2, -0.15) is 5.10 Å². The minimum atomic E-state index is -0.603. The van der Waals surface area contributed by atoms with Gasteiger partial charge in [0, 0.05) is 12.1 Å². The van der Waals surface area contributed by atoms with E-state index in [1.807, 2.05) is 6.92 Å². The normalized spacial score (nSPS) is 12.7. The van der Waals surface area contributed by atoms with E-state index in [2.05, 4.69) is 5.10 Å². The number of aromatic nitrogens is 2. The molecule has 1 unspecified atom stereocenters. The van der Waals surface area contributed by atoms with Crippen molar-refractivity contribution in [1.29, 1.82) is 0 Å². The predicted octanol–water partition coefficient (Wildman–Crippen LogP) is 2.66. The first-order chi connectivity index (χ1) is 7.97. The quantitative estimate of drug-likeness (QED) is 0.872. The molecular formula is C12H13F2N3. The highest BCUT2D eigenvalue weighted by Crippen LogP contribution is 2.22. The first-order valence-electron chi connectivity index (χ1n) is 5.25. The fourth-order valence-electron chi connectivity index (χ4n) is 1.80. The number of nitrogens with two attached hydrogens (primary N) is 1. The zero-order valence-corrected chi connectivity index (χ0v) is 9.61. The number of nitrogens with zero attached hydrogens (tertiary/aromatic N) is 2. The number of aryl methyl sites for hydroxylation is 1. The zero-order valence-electron chi connectivity index (χ0n) is 9.61. The molecule has 1 aromatic carbocycles. The zero-order chi connectivity index (χ0) is 12.6. The summed E-state index contributed by atoms with van der Waals surface area (Å²) in [6.45, 7) is 3.60. The molecular weight excluding hydrogens is 224 g/mol. The molecule has 0 saturated carbocycles. The van der Waals surface area contributed by atoms with Crippen molar-refractivity contribution in [3.05, 3.63) is 47.2 Å². The summed E-state index contributed by atoms with van der Waals surface area (Å²) < 4.78 is 27.8. The van der Waals surface area contributed by atoms with Crippen LogP contribution in [0.2, 0.25) is 0 Å². The highest BCUT2D eigenvalue weighted by Gasteiger charge is 2.14. The summed E-state index contributed by atoms with van der Waals surface area (Å²) in [4.78, 5) is 0. The summed E-state index contributed by atoms with van der Waals surface area (Å²) in [6, 6.07) is 4.81. The van der Waals surface area contributed by atoms with Crippen LogP contribution in [0.5, 0.6) is 0 Å². The summed E-state index contributed by atoms with van der Waals surface area (Å²) >= 11 is 0. The first-order valence-corrected chi connectivity index (χ1v) is 5.25. The number of anilines is 1. The standard InChI is InChI=1S/C12H13F2N3/c1-7-3-12(15)17(16-7)8(2)9-4-10(13)6-11(14)5-9/h3-6,8H,15H2,1-2H3. The van der Waals surface area contributed by atoms with Crippen molar-refractivity contribution in [1.82, 2.24) is 9.78 Å². The van der Waals surface area contributed by atoms with Gasteiger partial charge in [-0.25, -0.2) is 13.5 Å². The third-order valence-electron chi connectivity index (χ3n) is 2.62. The number of hydrogen-bond donors (Lipinski definition) is 1. The monoisotopic (exact) mass is 237 g/mol. The van der Waals surface area contributed by atoms with Crippen molar-refractivity contribution in [3.63, 3.8) is 0 Å². The fourth-order valence-corrected chi connectivity index (χ4v) is 1.80. The molecule has 17 heavy (non-hydrogen) atoms. The number of rotatable bonds is 2. The molecule has 0 aliphatic heterocycles. The van der Waals surface area contributed by atoms with Gasteiger partial charge in [0.1, 0.15) is 17.5 Å². The maximum Gasteiger partial charge on any atom is 0.126 e. The van der Waals surface area contributed by atoms with Crippen molar-refractivity contribution in [2.24, 2.45) is 0 Å². The lowest BCUT2D eigenvalue weighted by atomic mass is 10.1. The van der Waals surface area contributed by atoms with E-state index < -0.39 is 11.6 Å². The van der Waals surface area contributed by atoms with Gasteiger partial charge in [0.2, 0.25) is 0 Å². The van der Waals surface area contributed by atoms with Gasteiger partial charge in [-0.15, -0.1) is 0 Å². The number of benzene rings is 1. The van der Waals surface area contributed by atoms with E-state index in [0.29, 0.717) is 11.4 Å². The van der Waals surface area contributed by atoms with E-state index in [-0.39, 0.29) is 6.04 Å². The van der Waals surface area contributed by atoms with Crippen LogP contribution in [-0.2, 0) is 0 Å². The molecule has 0 spiro atoms. The molecule has 0 radical (unpaired) electrons. The molecule has 90 valence electrons. The van der Waals surface area contributed by atoms with Crippen molar-refractivity contribution in [2.75, 3.05) is 5.73 Å². The molecule has 0 aliphatic carbocycles. The third kappa shape index (κ3) is 2.27. The van der Waals surface area contributed by atoms with Gasteiger partial charge in [-0.05, 0) is 31.5 Å². The molecule has 1 aromatic heterocycles. The average molecular weight is 237 g/mol. The fraction of sp³-hybridized carbons (Fsp3) is 0.250. The van der Waals surface area contributed by atoms with Crippen LogP contribution >= 0.6 is 0 Å². The van der Waals surface area contributed by atoms with Crippen LogP contribution in [0, 0.1) is 18.6 Å². The van der Waals surface area contributed by atoms with E-state index in [9.17, 15) is 8.78 Å². The Labute approximate surface area is 97.9 Å². The summed E-state index contributed by atoms with van der Waals surface area (Å²) in [5, 5.41) is 4.19. The van der Waals surface area contributed by atoms with E-state index in [4.69, 9.17) is 5.73 Å². The van der Waals surface area contributed by atoms with E-state index in [1.54, 1.807) is 17.7 Å². The van der Waals surface area contributed by atoms with Crippen molar-refractivity contribution in [3.8, 4) is 0 Å². The highest BCUT2D eigenvalue weighted by atomic mass is 19.1. The van der Waals surface area contributed by atoms with Gasteiger partial charge in [0.05, 0.1) is 11.7 Å². The van der Waals surface area contributed by atoms with Gasteiger partial charge < -0.3 is 5.73 Å². The lowest BCUT2D eigenvalue weighted by Gasteiger charge is -2.14. The largest absolute Gasteiger partial charge is 0.384 e. The molecule has 0 fully saturated rings. The summed E-state index contributed by atoms with van der Waals surface area (Å²) in [6.07, 6.45) is 0. The number of hydrogen-bond acceptors (Lipinski definition) is 2. The Morgan fingerprint density at radius 2 is 1.76 bits per heavy atom. The van der Waals surface area contributed by atoms with Crippen molar-refractivity contribution < 1.29 is 8.78 Å². The second-order valence-electron chi connectivity index (χ2n) is 4.03. The van der Waals surface area contributed by atoms with Gasteiger partial charge in [0.25, 0.3) is 0 Å². The molecule has 5 heteroatoms. The number of halogens is 2. The van der Waals surface area contributed by atoms with E-state index in [1.165, 1.54) is 12.1 Å². The average Bonchev–Trinajstić information content (AvgIpc) is 2.55. The van der Waals surface area contributed by atoms with Crippen LogP contribution in [0.15, 0.2) is 24.3 Å². The Kier molecular flexibility index (Phi) is 2.83. The van der Waals surface area contributed by atoms with E-state index >= 15 is 0 Å². The Morgan fingerprint density at radius 1 is 1.18 bits per heavy atom. The minimum Gasteiger partial charge on any atom is -0.384 e. The molecule has 2 rings (SSSR count). The van der Waals surface area contributed by atoms with Crippen LogP contribution in [0.4, 0.5) is 14.6 Å². The minimum absolute atomic E-state index is 0.311. The molecule has 2 aromatic rings. The third-order valence-corrected chi connectivity index (χ3v) is 2.62.